The van der Waals surface area contributed by atoms with Crippen molar-refractivity contribution in [3.05, 3.63) is 52.5 Å². The molecular weight excluding hydrogens is 270 g/mol. The number of fused-ring (bicyclic) bond motifs is 1. The SMILES string of the molecule is O=C(CCc1cccs1)NCc1nc2ccccc2[nH]1. The quantitative estimate of drug-likeness (QED) is 0.757. The molecule has 3 aromatic rings. The van der Waals surface area contributed by atoms with E-state index in [9.17, 15) is 4.79 Å². The molecule has 0 spiro atoms. The zero-order valence-electron chi connectivity index (χ0n) is 10.9. The number of carbonyl (C=O) groups excluding carboxylic acids is 1. The lowest BCUT2D eigenvalue weighted by molar-refractivity contribution is -0.121. The molecule has 5 heteroatoms. The van der Waals surface area contributed by atoms with Crippen molar-refractivity contribution >= 4 is 28.3 Å². The highest BCUT2D eigenvalue weighted by Crippen LogP contribution is 2.11. The maximum Gasteiger partial charge on any atom is 0.220 e. The van der Waals surface area contributed by atoms with Gasteiger partial charge in [-0.1, -0.05) is 18.2 Å². The normalized spacial score (nSPS) is 10.8. The maximum atomic E-state index is 11.8. The molecule has 0 atom stereocenters. The fourth-order valence-electron chi connectivity index (χ4n) is 2.05. The number of benzene rings is 1. The van der Waals surface area contributed by atoms with Gasteiger partial charge in [-0.25, -0.2) is 4.98 Å². The molecule has 4 nitrogen and oxygen atoms in total. The van der Waals surface area contributed by atoms with Crippen molar-refractivity contribution in [3.8, 4) is 0 Å². The standard InChI is InChI=1S/C15H15N3OS/c19-15(8-7-11-4-3-9-20-11)16-10-14-17-12-5-1-2-6-13(12)18-14/h1-6,9H,7-8,10H2,(H,16,19)(H,17,18). The first-order chi connectivity index (χ1) is 9.81. The van der Waals surface area contributed by atoms with Gasteiger partial charge in [0.25, 0.3) is 0 Å². The summed E-state index contributed by atoms with van der Waals surface area (Å²) in [5, 5.41) is 4.92. The van der Waals surface area contributed by atoms with E-state index in [4.69, 9.17) is 0 Å². The van der Waals surface area contributed by atoms with Crippen LogP contribution in [-0.4, -0.2) is 15.9 Å². The van der Waals surface area contributed by atoms with Crippen LogP contribution in [0.15, 0.2) is 41.8 Å². The lowest BCUT2D eigenvalue weighted by Crippen LogP contribution is -2.23. The number of aromatic amines is 1. The van der Waals surface area contributed by atoms with Crippen LogP contribution in [0.2, 0.25) is 0 Å². The number of carbonyl (C=O) groups is 1. The molecule has 0 aliphatic carbocycles. The van der Waals surface area contributed by atoms with Crippen LogP contribution in [-0.2, 0) is 17.8 Å². The fourth-order valence-corrected chi connectivity index (χ4v) is 2.76. The third kappa shape index (κ3) is 3.05. The van der Waals surface area contributed by atoms with Gasteiger partial charge in [0.05, 0.1) is 17.6 Å². The summed E-state index contributed by atoms with van der Waals surface area (Å²) in [6.45, 7) is 0.442. The van der Waals surface area contributed by atoms with Gasteiger partial charge in [-0.05, 0) is 30.0 Å². The third-order valence-corrected chi connectivity index (χ3v) is 4.01. The van der Waals surface area contributed by atoms with Gasteiger partial charge in [0.15, 0.2) is 0 Å². The molecule has 0 bridgehead atoms. The predicted octanol–water partition coefficient (Wildman–Crippen LogP) is 2.87. The molecular formula is C15H15N3OS. The largest absolute Gasteiger partial charge is 0.349 e. The van der Waals surface area contributed by atoms with Crippen LogP contribution in [0.1, 0.15) is 17.1 Å². The average Bonchev–Trinajstić information content (AvgIpc) is 3.11. The molecule has 0 aliphatic heterocycles. The Morgan fingerprint density at radius 1 is 1.25 bits per heavy atom. The Morgan fingerprint density at radius 3 is 2.95 bits per heavy atom. The molecule has 0 saturated carbocycles. The molecule has 20 heavy (non-hydrogen) atoms. The first kappa shape index (κ1) is 12.9. The summed E-state index contributed by atoms with van der Waals surface area (Å²) in [4.78, 5) is 20.6. The molecule has 3 rings (SSSR count). The van der Waals surface area contributed by atoms with Crippen LogP contribution < -0.4 is 5.32 Å². The summed E-state index contributed by atoms with van der Waals surface area (Å²) in [5.41, 5.74) is 1.92. The van der Waals surface area contributed by atoms with Gasteiger partial charge in [0, 0.05) is 11.3 Å². The zero-order valence-corrected chi connectivity index (χ0v) is 11.7. The van der Waals surface area contributed by atoms with E-state index in [2.05, 4.69) is 21.4 Å². The monoisotopic (exact) mass is 285 g/mol. The minimum Gasteiger partial charge on any atom is -0.349 e. The van der Waals surface area contributed by atoms with Crippen LogP contribution >= 0.6 is 11.3 Å². The molecule has 1 aromatic carbocycles. The number of nitrogens with one attached hydrogen (secondary N) is 2. The van der Waals surface area contributed by atoms with Gasteiger partial charge in [0.1, 0.15) is 5.82 Å². The number of aryl methyl sites for hydroxylation is 1. The van der Waals surface area contributed by atoms with Crippen molar-refractivity contribution in [2.24, 2.45) is 0 Å². The van der Waals surface area contributed by atoms with E-state index in [1.165, 1.54) is 4.88 Å². The highest BCUT2D eigenvalue weighted by molar-refractivity contribution is 7.09. The Bertz CT molecular complexity index is 670. The van der Waals surface area contributed by atoms with Crippen molar-refractivity contribution in [2.45, 2.75) is 19.4 Å². The number of thiophene rings is 1. The summed E-state index contributed by atoms with van der Waals surface area (Å²) in [6, 6.07) is 11.9. The molecule has 0 unspecified atom stereocenters. The first-order valence-electron chi connectivity index (χ1n) is 6.54. The molecule has 102 valence electrons. The van der Waals surface area contributed by atoms with E-state index in [1.54, 1.807) is 11.3 Å². The number of hydrogen-bond donors (Lipinski definition) is 2. The van der Waals surface area contributed by atoms with E-state index in [0.717, 1.165) is 23.3 Å². The second kappa shape index (κ2) is 5.88. The highest BCUT2D eigenvalue weighted by atomic mass is 32.1. The second-order valence-corrected chi connectivity index (χ2v) is 5.59. The fraction of sp³-hybridized carbons (Fsp3) is 0.200. The molecule has 2 heterocycles. The Labute approximate surface area is 120 Å². The molecule has 0 radical (unpaired) electrons. The molecule has 0 saturated heterocycles. The Morgan fingerprint density at radius 2 is 2.15 bits per heavy atom. The van der Waals surface area contributed by atoms with Crippen LogP contribution in [0.25, 0.3) is 11.0 Å². The van der Waals surface area contributed by atoms with Crippen LogP contribution in [0.5, 0.6) is 0 Å². The number of aromatic nitrogens is 2. The van der Waals surface area contributed by atoms with E-state index < -0.39 is 0 Å². The summed E-state index contributed by atoms with van der Waals surface area (Å²) in [7, 11) is 0. The van der Waals surface area contributed by atoms with Gasteiger partial charge in [-0.15, -0.1) is 11.3 Å². The predicted molar refractivity (Wildman–Crippen MR) is 80.6 cm³/mol. The number of H-pyrrole nitrogens is 1. The van der Waals surface area contributed by atoms with Crippen LogP contribution in [0.3, 0.4) is 0 Å². The van der Waals surface area contributed by atoms with E-state index in [0.29, 0.717) is 13.0 Å². The van der Waals surface area contributed by atoms with E-state index in [1.807, 2.05) is 35.7 Å². The highest BCUT2D eigenvalue weighted by Gasteiger charge is 2.05. The minimum absolute atomic E-state index is 0.0545. The van der Waals surface area contributed by atoms with Gasteiger partial charge in [-0.2, -0.15) is 0 Å². The van der Waals surface area contributed by atoms with Crippen LogP contribution in [0.4, 0.5) is 0 Å². The summed E-state index contributed by atoms with van der Waals surface area (Å²) >= 11 is 1.68. The molecule has 0 aliphatic rings. The third-order valence-electron chi connectivity index (χ3n) is 3.07. The Hall–Kier alpha value is -2.14. The molecule has 2 N–H and O–H groups in total. The van der Waals surface area contributed by atoms with E-state index in [-0.39, 0.29) is 5.91 Å². The van der Waals surface area contributed by atoms with E-state index >= 15 is 0 Å². The lowest BCUT2D eigenvalue weighted by atomic mass is 10.2. The van der Waals surface area contributed by atoms with Crippen molar-refractivity contribution in [2.75, 3.05) is 0 Å². The van der Waals surface area contributed by atoms with Crippen LogP contribution in [0, 0.1) is 0 Å². The summed E-state index contributed by atoms with van der Waals surface area (Å²) in [5.74, 6) is 0.842. The number of hydrogen-bond acceptors (Lipinski definition) is 3. The van der Waals surface area contributed by atoms with Crippen molar-refractivity contribution in [1.29, 1.82) is 0 Å². The topological polar surface area (TPSA) is 57.8 Å². The number of para-hydroxylation sites is 2. The zero-order chi connectivity index (χ0) is 13.8. The van der Waals surface area contributed by atoms with Gasteiger partial charge < -0.3 is 10.3 Å². The lowest BCUT2D eigenvalue weighted by Gasteiger charge is -2.02. The minimum atomic E-state index is 0.0545. The average molecular weight is 285 g/mol. The first-order valence-corrected chi connectivity index (χ1v) is 7.42. The summed E-state index contributed by atoms with van der Waals surface area (Å²) in [6.07, 6.45) is 1.31. The number of rotatable bonds is 5. The number of amides is 1. The van der Waals surface area contributed by atoms with Crippen molar-refractivity contribution < 1.29 is 4.79 Å². The Kier molecular flexibility index (Phi) is 3.78. The smallest absolute Gasteiger partial charge is 0.220 e. The van der Waals surface area contributed by atoms with Crippen molar-refractivity contribution in [3.63, 3.8) is 0 Å². The van der Waals surface area contributed by atoms with Crippen molar-refractivity contribution in [1.82, 2.24) is 15.3 Å². The van der Waals surface area contributed by atoms with Gasteiger partial charge >= 0.3 is 0 Å². The van der Waals surface area contributed by atoms with Gasteiger partial charge in [-0.3, -0.25) is 4.79 Å². The number of imidazole rings is 1. The molecule has 0 fully saturated rings. The summed E-state index contributed by atoms with van der Waals surface area (Å²) < 4.78 is 0. The Balaban J connectivity index is 1.52. The van der Waals surface area contributed by atoms with Gasteiger partial charge in [0.2, 0.25) is 5.91 Å². The maximum absolute atomic E-state index is 11.8. The number of nitrogens with zero attached hydrogens (tertiary/aromatic N) is 1. The molecule has 2 aromatic heterocycles. The molecule has 1 amide bonds. The second-order valence-electron chi connectivity index (χ2n) is 4.56.